The number of imidazole rings is 1. The second-order valence-corrected chi connectivity index (χ2v) is 9.19. The monoisotopic (exact) mass is 483 g/mol. The smallest absolute Gasteiger partial charge is 0.329 e. The molecular weight excluding hydrogens is 454 g/mol. The summed E-state index contributed by atoms with van der Waals surface area (Å²) in [7, 11) is 3.58. The predicted molar refractivity (Wildman–Crippen MR) is 142 cm³/mol. The highest BCUT2D eigenvalue weighted by molar-refractivity contribution is 6.07. The molecule has 4 aromatic rings. The Kier molecular flexibility index (Phi) is 6.37. The van der Waals surface area contributed by atoms with Gasteiger partial charge in [0.25, 0.3) is 0 Å². The summed E-state index contributed by atoms with van der Waals surface area (Å²) in [6.07, 6.45) is 10.7. The van der Waals surface area contributed by atoms with Crippen molar-refractivity contribution in [2.75, 3.05) is 7.05 Å². The van der Waals surface area contributed by atoms with Crippen LogP contribution in [0, 0.1) is 5.41 Å². The third kappa shape index (κ3) is 4.06. The van der Waals surface area contributed by atoms with Gasteiger partial charge in [-0.3, -0.25) is 23.9 Å². The Bertz CT molecular complexity index is 1520. The number of carbonyl (C=O) groups excluding carboxylic acids is 1. The van der Waals surface area contributed by atoms with Gasteiger partial charge >= 0.3 is 5.69 Å². The molecule has 184 valence electrons. The highest BCUT2D eigenvalue weighted by Crippen LogP contribution is 2.34. The van der Waals surface area contributed by atoms with Crippen molar-refractivity contribution in [2.24, 2.45) is 7.05 Å². The molecule has 0 aliphatic heterocycles. The van der Waals surface area contributed by atoms with Gasteiger partial charge in [-0.15, -0.1) is 0 Å². The van der Waals surface area contributed by atoms with Crippen LogP contribution in [0.15, 0.2) is 53.7 Å². The molecular formula is C27H29N7O2. The van der Waals surface area contributed by atoms with Crippen LogP contribution in [-0.4, -0.2) is 44.8 Å². The summed E-state index contributed by atoms with van der Waals surface area (Å²) in [6, 6.07) is 10.2. The van der Waals surface area contributed by atoms with E-state index in [1.54, 1.807) is 37.3 Å². The number of aromatic nitrogens is 4. The molecule has 1 aliphatic rings. The Morgan fingerprint density at radius 1 is 1.08 bits per heavy atom. The predicted octanol–water partition coefficient (Wildman–Crippen LogP) is 3.39. The first kappa shape index (κ1) is 23.5. The van der Waals surface area contributed by atoms with Crippen LogP contribution in [0.2, 0.25) is 0 Å². The number of allylic oxidation sites excluding steroid dienone is 1. The Hall–Kier alpha value is -4.27. The summed E-state index contributed by atoms with van der Waals surface area (Å²) in [5.41, 5.74) is 5.81. The number of carbonyl (C=O) groups is 1. The van der Waals surface area contributed by atoms with Gasteiger partial charge in [0.1, 0.15) is 0 Å². The maximum absolute atomic E-state index is 13.4. The van der Waals surface area contributed by atoms with Crippen LogP contribution in [0.1, 0.15) is 37.4 Å². The number of benzene rings is 1. The van der Waals surface area contributed by atoms with Gasteiger partial charge in [0, 0.05) is 61.3 Å². The number of fused-ring (bicyclic) bond motifs is 3. The van der Waals surface area contributed by atoms with E-state index in [9.17, 15) is 9.59 Å². The first-order valence-electron chi connectivity index (χ1n) is 12.1. The number of nitrogens with one attached hydrogen (secondary N) is 3. The summed E-state index contributed by atoms with van der Waals surface area (Å²) in [5, 5.41) is 14.4. The fourth-order valence-corrected chi connectivity index (χ4v) is 5.22. The van der Waals surface area contributed by atoms with Crippen LogP contribution in [-0.2, 0) is 11.8 Å². The van der Waals surface area contributed by atoms with Crippen molar-refractivity contribution >= 4 is 40.1 Å². The van der Waals surface area contributed by atoms with E-state index in [0.717, 1.165) is 65.2 Å². The summed E-state index contributed by atoms with van der Waals surface area (Å²) in [6.45, 7) is 0. The molecule has 3 N–H and O–H groups in total. The second-order valence-electron chi connectivity index (χ2n) is 9.19. The van der Waals surface area contributed by atoms with Crippen molar-refractivity contribution in [1.82, 2.24) is 29.7 Å². The maximum Gasteiger partial charge on any atom is 0.329 e. The van der Waals surface area contributed by atoms with E-state index >= 15 is 0 Å². The zero-order valence-electron chi connectivity index (χ0n) is 20.4. The molecule has 0 bridgehead atoms. The molecule has 3 heterocycles. The molecule has 1 saturated carbocycles. The summed E-state index contributed by atoms with van der Waals surface area (Å²) in [5.74, 6) is 0. The Morgan fingerprint density at radius 3 is 2.53 bits per heavy atom. The first-order valence-corrected chi connectivity index (χ1v) is 12.1. The van der Waals surface area contributed by atoms with Crippen molar-refractivity contribution in [3.8, 4) is 11.1 Å². The molecule has 9 heteroatoms. The number of amides is 1. The number of hydrogen-bond acceptors (Lipinski definition) is 6. The summed E-state index contributed by atoms with van der Waals surface area (Å²) < 4.78 is 3.61. The molecule has 36 heavy (non-hydrogen) atoms. The molecule has 3 aromatic heterocycles. The number of hydrogen-bond donors (Lipinski definition) is 3. The van der Waals surface area contributed by atoms with Gasteiger partial charge in [-0.1, -0.05) is 12.1 Å². The van der Waals surface area contributed by atoms with Crippen molar-refractivity contribution in [1.29, 1.82) is 5.41 Å². The lowest BCUT2D eigenvalue weighted by molar-refractivity contribution is -0.110. The fourth-order valence-electron chi connectivity index (χ4n) is 5.22. The lowest BCUT2D eigenvalue weighted by Gasteiger charge is -2.29. The summed E-state index contributed by atoms with van der Waals surface area (Å²) >= 11 is 0. The van der Waals surface area contributed by atoms with Gasteiger partial charge in [-0.25, -0.2) is 4.79 Å². The number of pyridine rings is 2. The Morgan fingerprint density at radius 2 is 1.86 bits per heavy atom. The Balaban J connectivity index is 1.60. The average Bonchev–Trinajstić information content (AvgIpc) is 3.18. The van der Waals surface area contributed by atoms with Crippen LogP contribution < -0.4 is 16.3 Å². The van der Waals surface area contributed by atoms with Crippen LogP contribution >= 0.6 is 0 Å². The van der Waals surface area contributed by atoms with Gasteiger partial charge in [0.2, 0.25) is 6.41 Å². The van der Waals surface area contributed by atoms with Crippen LogP contribution in [0.4, 0.5) is 0 Å². The molecule has 1 amide bonds. The van der Waals surface area contributed by atoms with E-state index in [-0.39, 0.29) is 17.8 Å². The van der Waals surface area contributed by atoms with Crippen molar-refractivity contribution < 1.29 is 4.79 Å². The summed E-state index contributed by atoms with van der Waals surface area (Å²) in [4.78, 5) is 33.4. The zero-order valence-corrected chi connectivity index (χ0v) is 20.4. The van der Waals surface area contributed by atoms with Crippen molar-refractivity contribution in [3.63, 3.8) is 0 Å². The van der Waals surface area contributed by atoms with E-state index in [1.807, 2.05) is 28.8 Å². The van der Waals surface area contributed by atoms with Gasteiger partial charge < -0.3 is 16.0 Å². The second kappa shape index (κ2) is 9.77. The molecule has 0 saturated heterocycles. The molecule has 5 rings (SSSR count). The SMILES string of the molecule is CN/C=C(\C=N)c1ccc(-c2ccc3ncc4c(c3c2)n(C2CCC(NC=O)CC2)c(=O)n4C)cn1. The molecule has 1 aromatic carbocycles. The van der Waals surface area contributed by atoms with E-state index < -0.39 is 0 Å². The van der Waals surface area contributed by atoms with Crippen molar-refractivity contribution in [2.45, 2.75) is 37.8 Å². The highest BCUT2D eigenvalue weighted by atomic mass is 16.1. The third-order valence-corrected chi connectivity index (χ3v) is 7.13. The number of rotatable bonds is 7. The lowest BCUT2D eigenvalue weighted by Crippen LogP contribution is -2.35. The lowest BCUT2D eigenvalue weighted by atomic mass is 9.91. The highest BCUT2D eigenvalue weighted by Gasteiger charge is 2.26. The zero-order chi connectivity index (χ0) is 25.2. The largest absolute Gasteiger partial charge is 0.393 e. The molecule has 0 unspecified atom stereocenters. The minimum absolute atomic E-state index is 0.0435. The quantitative estimate of drug-likeness (QED) is 0.275. The topological polar surface area (TPSA) is 118 Å². The molecule has 9 nitrogen and oxygen atoms in total. The third-order valence-electron chi connectivity index (χ3n) is 7.13. The average molecular weight is 484 g/mol. The van der Waals surface area contributed by atoms with Gasteiger partial charge in [0.15, 0.2) is 0 Å². The fraction of sp³-hybridized carbons (Fsp3) is 0.296. The minimum atomic E-state index is -0.0435. The molecule has 0 radical (unpaired) electrons. The van der Waals surface area contributed by atoms with Gasteiger partial charge in [-0.05, 0) is 49.4 Å². The van der Waals surface area contributed by atoms with E-state index in [4.69, 9.17) is 5.41 Å². The standard InChI is InChI=1S/C27H29N7O2/c1-29-13-19(12-28)23-9-4-18(14-30-23)17-3-10-24-22(11-17)26-25(15-31-24)33(2)27(36)34(26)21-7-5-20(6-8-21)32-16-35/h3-4,9-16,20-21,28-29H,5-8H2,1-2H3,(H,32,35)/b19-13+,28-12?. The van der Waals surface area contributed by atoms with E-state index in [0.29, 0.717) is 11.3 Å². The van der Waals surface area contributed by atoms with E-state index in [1.165, 1.54) is 6.21 Å². The molecule has 0 spiro atoms. The number of nitrogens with zero attached hydrogens (tertiary/aromatic N) is 4. The van der Waals surface area contributed by atoms with E-state index in [2.05, 4.69) is 26.7 Å². The number of aryl methyl sites for hydroxylation is 1. The Labute approximate surface area is 208 Å². The first-order chi connectivity index (χ1) is 17.5. The van der Waals surface area contributed by atoms with Gasteiger partial charge in [0.05, 0.1) is 28.4 Å². The van der Waals surface area contributed by atoms with Gasteiger partial charge in [-0.2, -0.15) is 0 Å². The van der Waals surface area contributed by atoms with Crippen LogP contribution in [0.5, 0.6) is 0 Å². The normalized spacial score (nSPS) is 18.3. The van der Waals surface area contributed by atoms with Crippen LogP contribution in [0.25, 0.3) is 38.6 Å². The molecule has 1 fully saturated rings. The maximum atomic E-state index is 13.4. The molecule has 1 aliphatic carbocycles. The minimum Gasteiger partial charge on any atom is -0.393 e. The molecule has 0 atom stereocenters. The van der Waals surface area contributed by atoms with Crippen LogP contribution in [0.3, 0.4) is 0 Å². The van der Waals surface area contributed by atoms with Crippen molar-refractivity contribution in [3.05, 3.63) is 65.1 Å².